The summed E-state index contributed by atoms with van der Waals surface area (Å²) in [5, 5.41) is 0. The van der Waals surface area contributed by atoms with E-state index >= 15 is 0 Å². The number of alkyl halides is 1. The van der Waals surface area contributed by atoms with Gasteiger partial charge in [0.1, 0.15) is 4.83 Å². The minimum Gasteiger partial charge on any atom is -0.368 e. The van der Waals surface area contributed by atoms with Gasteiger partial charge >= 0.3 is 0 Å². The molecule has 12 heavy (non-hydrogen) atoms. The van der Waals surface area contributed by atoms with Gasteiger partial charge in [-0.25, -0.2) is 0 Å². The van der Waals surface area contributed by atoms with Crippen molar-refractivity contribution in [3.8, 4) is 0 Å². The third-order valence-electron chi connectivity index (χ3n) is 1.62. The van der Waals surface area contributed by atoms with Crippen LogP contribution in [0.15, 0.2) is 24.3 Å². The average molecular weight is 228 g/mol. The zero-order valence-corrected chi connectivity index (χ0v) is 8.34. The van der Waals surface area contributed by atoms with Gasteiger partial charge < -0.3 is 5.73 Å². The molecule has 0 radical (unpaired) electrons. The summed E-state index contributed by atoms with van der Waals surface area (Å²) in [6.45, 7) is 2.00. The molecular weight excluding hydrogens is 218 g/mol. The van der Waals surface area contributed by atoms with Gasteiger partial charge in [-0.1, -0.05) is 45.8 Å². The first-order chi connectivity index (χ1) is 5.61. The van der Waals surface area contributed by atoms with Crippen LogP contribution in [0.3, 0.4) is 0 Å². The Morgan fingerprint density at radius 3 is 2.33 bits per heavy atom. The molecule has 0 saturated heterocycles. The quantitative estimate of drug-likeness (QED) is 0.772. The maximum absolute atomic E-state index is 10.8. The number of benzene rings is 1. The fourth-order valence-electron chi connectivity index (χ4n) is 0.900. The van der Waals surface area contributed by atoms with Crippen molar-refractivity contribution in [2.45, 2.75) is 11.8 Å². The molecular formula is C9H10BrNO. The molecule has 0 aliphatic carbocycles. The minimum atomic E-state index is -0.377. The van der Waals surface area contributed by atoms with E-state index in [4.69, 9.17) is 5.73 Å². The van der Waals surface area contributed by atoms with E-state index in [9.17, 15) is 4.79 Å². The Balaban J connectivity index is 2.89. The molecule has 1 rings (SSSR count). The van der Waals surface area contributed by atoms with E-state index in [1.165, 1.54) is 5.56 Å². The predicted octanol–water partition coefficient (Wildman–Crippen LogP) is 1.92. The molecule has 1 aromatic carbocycles. The summed E-state index contributed by atoms with van der Waals surface area (Å²) in [4.78, 5) is 10.4. The molecule has 0 aliphatic heterocycles. The Kier molecular flexibility index (Phi) is 2.87. The van der Waals surface area contributed by atoms with E-state index in [1.54, 1.807) is 0 Å². The fraction of sp³-hybridized carbons (Fsp3) is 0.222. The van der Waals surface area contributed by atoms with Gasteiger partial charge in [0.25, 0.3) is 0 Å². The highest BCUT2D eigenvalue weighted by atomic mass is 79.9. The summed E-state index contributed by atoms with van der Waals surface area (Å²) in [6.07, 6.45) is 0. The molecule has 0 saturated carbocycles. The molecule has 1 amide bonds. The maximum Gasteiger partial charge on any atom is 0.235 e. The molecule has 3 heteroatoms. The van der Waals surface area contributed by atoms with E-state index in [1.807, 2.05) is 31.2 Å². The van der Waals surface area contributed by atoms with Crippen LogP contribution in [0.2, 0.25) is 0 Å². The zero-order valence-electron chi connectivity index (χ0n) is 6.75. The lowest BCUT2D eigenvalue weighted by Gasteiger charge is -2.05. The first-order valence-electron chi connectivity index (χ1n) is 3.61. The molecule has 0 spiro atoms. The Bertz CT molecular complexity index is 281. The first-order valence-corrected chi connectivity index (χ1v) is 4.53. The fourth-order valence-corrected chi connectivity index (χ4v) is 1.20. The monoisotopic (exact) mass is 227 g/mol. The van der Waals surface area contributed by atoms with Crippen LogP contribution in [-0.4, -0.2) is 5.91 Å². The lowest BCUT2D eigenvalue weighted by molar-refractivity contribution is -0.117. The topological polar surface area (TPSA) is 43.1 Å². The number of carbonyl (C=O) groups is 1. The number of amides is 1. The molecule has 0 bridgehead atoms. The normalized spacial score (nSPS) is 12.5. The van der Waals surface area contributed by atoms with Crippen LogP contribution in [0.25, 0.3) is 0 Å². The van der Waals surface area contributed by atoms with E-state index in [0.717, 1.165) is 5.56 Å². The smallest absolute Gasteiger partial charge is 0.235 e. The largest absolute Gasteiger partial charge is 0.368 e. The van der Waals surface area contributed by atoms with Crippen LogP contribution in [0.5, 0.6) is 0 Å². The number of hydrogen-bond donors (Lipinski definition) is 1. The van der Waals surface area contributed by atoms with Gasteiger partial charge in [-0.15, -0.1) is 0 Å². The van der Waals surface area contributed by atoms with Gasteiger partial charge in [0.2, 0.25) is 5.91 Å². The Labute approximate surface area is 79.9 Å². The Morgan fingerprint density at radius 2 is 1.92 bits per heavy atom. The van der Waals surface area contributed by atoms with Crippen molar-refractivity contribution in [1.29, 1.82) is 0 Å². The van der Waals surface area contributed by atoms with Gasteiger partial charge in [0.05, 0.1) is 0 Å². The van der Waals surface area contributed by atoms with Gasteiger partial charge in [0.15, 0.2) is 0 Å². The third kappa shape index (κ3) is 2.08. The average Bonchev–Trinajstić information content (AvgIpc) is 2.04. The van der Waals surface area contributed by atoms with Gasteiger partial charge in [-0.3, -0.25) is 4.79 Å². The summed E-state index contributed by atoms with van der Waals surface area (Å²) < 4.78 is 0. The van der Waals surface area contributed by atoms with Crippen molar-refractivity contribution in [1.82, 2.24) is 0 Å². The molecule has 1 unspecified atom stereocenters. The van der Waals surface area contributed by atoms with Crippen LogP contribution >= 0.6 is 15.9 Å². The van der Waals surface area contributed by atoms with Crippen molar-refractivity contribution >= 4 is 21.8 Å². The summed E-state index contributed by atoms with van der Waals surface area (Å²) in [5.74, 6) is -0.362. The number of carbonyl (C=O) groups excluding carboxylic acids is 1. The number of nitrogens with two attached hydrogens (primary N) is 1. The SMILES string of the molecule is Cc1ccc(C(Br)C(N)=O)cc1. The van der Waals surface area contributed by atoms with Gasteiger partial charge in [-0.05, 0) is 12.5 Å². The highest BCUT2D eigenvalue weighted by Crippen LogP contribution is 2.21. The Morgan fingerprint density at radius 1 is 1.42 bits per heavy atom. The van der Waals surface area contributed by atoms with Crippen LogP contribution in [0.4, 0.5) is 0 Å². The second kappa shape index (κ2) is 3.72. The molecule has 0 fully saturated rings. The molecule has 0 heterocycles. The number of hydrogen-bond acceptors (Lipinski definition) is 1. The Hall–Kier alpha value is -0.830. The van der Waals surface area contributed by atoms with E-state index < -0.39 is 0 Å². The molecule has 0 aromatic heterocycles. The molecule has 2 nitrogen and oxygen atoms in total. The number of halogens is 1. The first kappa shape index (κ1) is 9.26. The van der Waals surface area contributed by atoms with Crippen LogP contribution < -0.4 is 5.73 Å². The third-order valence-corrected chi connectivity index (χ3v) is 2.60. The number of aryl methyl sites for hydroxylation is 1. The van der Waals surface area contributed by atoms with Crippen LogP contribution in [-0.2, 0) is 4.79 Å². The van der Waals surface area contributed by atoms with Crippen LogP contribution in [0.1, 0.15) is 16.0 Å². The van der Waals surface area contributed by atoms with E-state index in [-0.39, 0.29) is 10.7 Å². The minimum absolute atomic E-state index is 0.362. The van der Waals surface area contributed by atoms with Crippen molar-refractivity contribution < 1.29 is 4.79 Å². The molecule has 64 valence electrons. The number of primary amides is 1. The van der Waals surface area contributed by atoms with Crippen LogP contribution in [0, 0.1) is 6.92 Å². The van der Waals surface area contributed by atoms with Crippen molar-refractivity contribution in [2.24, 2.45) is 5.73 Å². The maximum atomic E-state index is 10.8. The molecule has 2 N–H and O–H groups in total. The second-order valence-corrected chi connectivity index (χ2v) is 3.59. The zero-order chi connectivity index (χ0) is 9.14. The van der Waals surface area contributed by atoms with Crippen molar-refractivity contribution in [3.05, 3.63) is 35.4 Å². The number of rotatable bonds is 2. The summed E-state index contributed by atoms with van der Waals surface area (Å²) in [6, 6.07) is 7.68. The highest BCUT2D eigenvalue weighted by molar-refractivity contribution is 9.09. The molecule has 0 aliphatic rings. The summed E-state index contributed by atoms with van der Waals surface area (Å²) in [5.41, 5.74) is 7.19. The van der Waals surface area contributed by atoms with Gasteiger partial charge in [-0.2, -0.15) is 0 Å². The molecule has 1 aromatic rings. The van der Waals surface area contributed by atoms with Crippen molar-refractivity contribution in [2.75, 3.05) is 0 Å². The summed E-state index contributed by atoms with van der Waals surface area (Å²) >= 11 is 3.20. The summed E-state index contributed by atoms with van der Waals surface area (Å²) in [7, 11) is 0. The van der Waals surface area contributed by atoms with Crippen molar-refractivity contribution in [3.63, 3.8) is 0 Å². The predicted molar refractivity (Wildman–Crippen MR) is 52.0 cm³/mol. The van der Waals surface area contributed by atoms with Gasteiger partial charge in [0, 0.05) is 0 Å². The second-order valence-electron chi connectivity index (χ2n) is 2.68. The van der Waals surface area contributed by atoms with E-state index in [2.05, 4.69) is 15.9 Å². The molecule has 1 atom stereocenters. The van der Waals surface area contributed by atoms with E-state index in [0.29, 0.717) is 0 Å². The standard InChI is InChI=1S/C9H10BrNO/c1-6-2-4-7(5-3-6)8(10)9(11)12/h2-5,8H,1H3,(H2,11,12). The lowest BCUT2D eigenvalue weighted by atomic mass is 10.1. The lowest BCUT2D eigenvalue weighted by Crippen LogP contribution is -2.16. The highest BCUT2D eigenvalue weighted by Gasteiger charge is 2.12.